The third-order valence-corrected chi connectivity index (χ3v) is 5.50. The summed E-state index contributed by atoms with van der Waals surface area (Å²) in [6, 6.07) is 7.57. The van der Waals surface area contributed by atoms with Crippen LogP contribution in [0.25, 0.3) is 11.5 Å². The SMILES string of the molecule is CCC(NC(=O)C(CC(C)C)NC(=O)N1CCOCC1)C(O)c1noc(-c2ccccc2)n1. The minimum Gasteiger partial charge on any atom is -0.383 e. The van der Waals surface area contributed by atoms with E-state index in [1.54, 1.807) is 4.90 Å². The molecule has 3 unspecified atom stereocenters. The Labute approximate surface area is 193 Å². The van der Waals surface area contributed by atoms with E-state index in [9.17, 15) is 14.7 Å². The number of urea groups is 1. The van der Waals surface area contributed by atoms with Gasteiger partial charge in [0.15, 0.2) is 0 Å². The van der Waals surface area contributed by atoms with Crippen LogP contribution in [0.3, 0.4) is 0 Å². The molecular weight excluding hydrogens is 426 g/mol. The number of morpholine rings is 1. The number of amides is 3. The molecule has 1 saturated heterocycles. The largest absolute Gasteiger partial charge is 0.383 e. The van der Waals surface area contributed by atoms with Crippen molar-refractivity contribution in [1.82, 2.24) is 25.7 Å². The Balaban J connectivity index is 1.66. The number of carbonyl (C=O) groups is 2. The fraction of sp³-hybridized carbons (Fsp3) is 0.565. The van der Waals surface area contributed by atoms with Gasteiger partial charge in [-0.15, -0.1) is 0 Å². The highest BCUT2D eigenvalue weighted by Crippen LogP contribution is 2.22. The molecule has 0 spiro atoms. The van der Waals surface area contributed by atoms with Gasteiger partial charge in [0.1, 0.15) is 12.1 Å². The maximum atomic E-state index is 13.1. The molecule has 0 aliphatic carbocycles. The van der Waals surface area contributed by atoms with E-state index in [0.717, 1.165) is 5.56 Å². The number of nitrogens with zero attached hydrogens (tertiary/aromatic N) is 3. The molecule has 3 atom stereocenters. The first-order valence-electron chi connectivity index (χ1n) is 11.4. The Kier molecular flexibility index (Phi) is 8.79. The molecule has 1 aliphatic rings. The number of benzene rings is 1. The van der Waals surface area contributed by atoms with E-state index in [-0.39, 0.29) is 23.7 Å². The number of nitrogens with one attached hydrogen (secondary N) is 2. The lowest BCUT2D eigenvalue weighted by atomic mass is 10.0. The first-order valence-corrected chi connectivity index (χ1v) is 11.4. The number of rotatable bonds is 9. The van der Waals surface area contributed by atoms with Crippen molar-refractivity contribution in [3.05, 3.63) is 36.2 Å². The van der Waals surface area contributed by atoms with Crippen LogP contribution in [0.2, 0.25) is 0 Å². The van der Waals surface area contributed by atoms with Crippen LogP contribution in [0.4, 0.5) is 4.79 Å². The predicted octanol–water partition coefficient (Wildman–Crippen LogP) is 2.12. The Morgan fingerprint density at radius 2 is 1.85 bits per heavy atom. The molecule has 2 heterocycles. The van der Waals surface area contributed by atoms with Gasteiger partial charge in [-0.2, -0.15) is 4.98 Å². The minimum absolute atomic E-state index is 0.0961. The van der Waals surface area contributed by atoms with Gasteiger partial charge in [-0.05, 0) is 30.9 Å². The molecule has 1 aromatic heterocycles. The molecule has 3 N–H and O–H groups in total. The number of aromatic nitrogens is 2. The van der Waals surface area contributed by atoms with Crippen molar-refractivity contribution in [2.75, 3.05) is 26.3 Å². The number of aliphatic hydroxyl groups excluding tert-OH is 1. The van der Waals surface area contributed by atoms with Gasteiger partial charge in [0.05, 0.1) is 19.3 Å². The Morgan fingerprint density at radius 3 is 2.48 bits per heavy atom. The van der Waals surface area contributed by atoms with Crippen LogP contribution < -0.4 is 10.6 Å². The number of aliphatic hydroxyl groups is 1. The maximum absolute atomic E-state index is 13.1. The first-order chi connectivity index (χ1) is 15.9. The van der Waals surface area contributed by atoms with Crippen molar-refractivity contribution in [2.24, 2.45) is 5.92 Å². The average Bonchev–Trinajstić information content (AvgIpc) is 3.32. The van der Waals surface area contributed by atoms with Crippen molar-refractivity contribution in [2.45, 2.75) is 51.8 Å². The van der Waals surface area contributed by atoms with Gasteiger partial charge in [0.25, 0.3) is 5.89 Å². The van der Waals surface area contributed by atoms with Crippen LogP contribution in [0.1, 0.15) is 45.5 Å². The lowest BCUT2D eigenvalue weighted by Gasteiger charge is -2.30. The van der Waals surface area contributed by atoms with Gasteiger partial charge in [-0.25, -0.2) is 4.79 Å². The van der Waals surface area contributed by atoms with Crippen LogP contribution in [-0.2, 0) is 9.53 Å². The summed E-state index contributed by atoms with van der Waals surface area (Å²) in [6.07, 6.45) is -0.252. The van der Waals surface area contributed by atoms with Gasteiger partial charge >= 0.3 is 6.03 Å². The highest BCUT2D eigenvalue weighted by atomic mass is 16.5. The second kappa shape index (κ2) is 11.8. The zero-order valence-electron chi connectivity index (χ0n) is 19.4. The van der Waals surface area contributed by atoms with Crippen LogP contribution in [0.5, 0.6) is 0 Å². The van der Waals surface area contributed by atoms with E-state index in [1.165, 1.54) is 0 Å². The van der Waals surface area contributed by atoms with E-state index in [1.807, 2.05) is 51.1 Å². The van der Waals surface area contributed by atoms with Crippen molar-refractivity contribution < 1.29 is 24.0 Å². The van der Waals surface area contributed by atoms with Crippen molar-refractivity contribution in [3.8, 4) is 11.5 Å². The topological polar surface area (TPSA) is 130 Å². The number of ether oxygens (including phenoxy) is 1. The van der Waals surface area contributed by atoms with Crippen LogP contribution >= 0.6 is 0 Å². The van der Waals surface area contributed by atoms with Gasteiger partial charge < -0.3 is 29.9 Å². The number of hydrogen-bond donors (Lipinski definition) is 3. The smallest absolute Gasteiger partial charge is 0.318 e. The maximum Gasteiger partial charge on any atom is 0.318 e. The van der Waals surface area contributed by atoms with E-state index in [0.29, 0.717) is 45.0 Å². The molecule has 2 aromatic rings. The highest BCUT2D eigenvalue weighted by molar-refractivity contribution is 5.87. The Bertz CT molecular complexity index is 898. The molecule has 0 radical (unpaired) electrons. The Hall–Kier alpha value is -2.98. The second-order valence-corrected chi connectivity index (χ2v) is 8.52. The summed E-state index contributed by atoms with van der Waals surface area (Å²) in [5.41, 5.74) is 0.739. The summed E-state index contributed by atoms with van der Waals surface area (Å²) < 4.78 is 10.6. The molecule has 3 rings (SSSR count). The highest BCUT2D eigenvalue weighted by Gasteiger charge is 2.31. The van der Waals surface area contributed by atoms with Crippen molar-refractivity contribution >= 4 is 11.9 Å². The van der Waals surface area contributed by atoms with Crippen LogP contribution in [0, 0.1) is 5.92 Å². The van der Waals surface area contributed by atoms with E-state index in [4.69, 9.17) is 9.26 Å². The molecule has 0 saturated carbocycles. The van der Waals surface area contributed by atoms with Crippen LogP contribution in [0.15, 0.2) is 34.9 Å². The third-order valence-electron chi connectivity index (χ3n) is 5.50. The van der Waals surface area contributed by atoms with E-state index in [2.05, 4.69) is 20.8 Å². The Morgan fingerprint density at radius 1 is 1.15 bits per heavy atom. The quantitative estimate of drug-likeness (QED) is 0.524. The van der Waals surface area contributed by atoms with E-state index < -0.39 is 18.2 Å². The number of hydrogen-bond acceptors (Lipinski definition) is 7. The monoisotopic (exact) mass is 459 g/mol. The second-order valence-electron chi connectivity index (χ2n) is 8.52. The average molecular weight is 460 g/mol. The third kappa shape index (κ3) is 6.75. The lowest BCUT2D eigenvalue weighted by Crippen LogP contribution is -2.55. The summed E-state index contributed by atoms with van der Waals surface area (Å²) in [5, 5.41) is 20.4. The van der Waals surface area contributed by atoms with Crippen molar-refractivity contribution in [1.29, 1.82) is 0 Å². The summed E-state index contributed by atoms with van der Waals surface area (Å²) in [6.45, 7) is 7.74. The molecule has 180 valence electrons. The standard InChI is InChI=1S/C23H33N5O5/c1-4-17(19(29)20-26-22(33-27-20)16-8-6-5-7-9-16)24-21(30)18(14-15(2)3)25-23(31)28-10-12-32-13-11-28/h5-9,15,17-19,29H,4,10-14H2,1-3H3,(H,24,30)(H,25,31). The molecule has 33 heavy (non-hydrogen) atoms. The molecule has 1 fully saturated rings. The summed E-state index contributed by atoms with van der Waals surface area (Å²) in [7, 11) is 0. The van der Waals surface area contributed by atoms with Crippen molar-refractivity contribution in [3.63, 3.8) is 0 Å². The van der Waals surface area contributed by atoms with E-state index >= 15 is 0 Å². The fourth-order valence-electron chi connectivity index (χ4n) is 3.63. The molecule has 1 aliphatic heterocycles. The van der Waals surface area contributed by atoms with Gasteiger partial charge in [-0.3, -0.25) is 4.79 Å². The lowest BCUT2D eigenvalue weighted by molar-refractivity contribution is -0.125. The zero-order valence-corrected chi connectivity index (χ0v) is 19.4. The number of carbonyl (C=O) groups excluding carboxylic acids is 2. The molecule has 10 nitrogen and oxygen atoms in total. The molecule has 1 aromatic carbocycles. The predicted molar refractivity (Wildman–Crippen MR) is 121 cm³/mol. The zero-order chi connectivity index (χ0) is 23.8. The normalized spacial score (nSPS) is 16.8. The molecule has 0 bridgehead atoms. The molecule has 3 amide bonds. The minimum atomic E-state index is -1.16. The first kappa shape index (κ1) is 24.7. The molecule has 10 heteroatoms. The van der Waals surface area contributed by atoms with Gasteiger partial charge in [0.2, 0.25) is 11.7 Å². The fourth-order valence-corrected chi connectivity index (χ4v) is 3.63. The van der Waals surface area contributed by atoms with Crippen LogP contribution in [-0.4, -0.2) is 70.5 Å². The summed E-state index contributed by atoms with van der Waals surface area (Å²) in [4.78, 5) is 31.7. The van der Waals surface area contributed by atoms with Gasteiger partial charge in [-0.1, -0.05) is 44.1 Å². The molecular formula is C23H33N5O5. The summed E-state index contributed by atoms with van der Waals surface area (Å²) in [5.74, 6) is 0.212. The summed E-state index contributed by atoms with van der Waals surface area (Å²) >= 11 is 0. The van der Waals surface area contributed by atoms with Gasteiger partial charge in [0, 0.05) is 18.7 Å².